The summed E-state index contributed by atoms with van der Waals surface area (Å²) in [5, 5.41) is 8.25. The van der Waals surface area contributed by atoms with E-state index in [0.717, 1.165) is 45.6 Å². The molecule has 3 aromatic rings. The number of benzene rings is 1. The molecule has 0 unspecified atom stereocenters. The lowest BCUT2D eigenvalue weighted by Crippen LogP contribution is -1.96. The molecule has 0 amide bonds. The third-order valence-corrected chi connectivity index (χ3v) is 4.88. The first-order chi connectivity index (χ1) is 10.2. The smallest absolute Gasteiger partial charge is 0.171 e. The summed E-state index contributed by atoms with van der Waals surface area (Å²) in [6, 6.07) is 5.95. The quantitative estimate of drug-likeness (QED) is 0.697. The van der Waals surface area contributed by atoms with Crippen LogP contribution in [0.25, 0.3) is 22.3 Å². The Hall–Kier alpha value is -2.08. The SMILES string of the molecule is CC(=O)c1snc(-c2cccc3nnn(C)c23)c1C1CC1. The third kappa shape index (κ3) is 1.90. The molecular weight excluding hydrogens is 284 g/mol. The normalized spacial score (nSPS) is 14.8. The highest BCUT2D eigenvalue weighted by Gasteiger charge is 2.33. The summed E-state index contributed by atoms with van der Waals surface area (Å²) < 4.78 is 6.36. The van der Waals surface area contributed by atoms with Crippen LogP contribution in [0.2, 0.25) is 0 Å². The zero-order valence-corrected chi connectivity index (χ0v) is 12.6. The van der Waals surface area contributed by atoms with Gasteiger partial charge in [0.2, 0.25) is 0 Å². The summed E-state index contributed by atoms with van der Waals surface area (Å²) >= 11 is 1.31. The van der Waals surface area contributed by atoms with Crippen molar-refractivity contribution in [2.75, 3.05) is 0 Å². The number of aromatic nitrogens is 4. The zero-order chi connectivity index (χ0) is 14.6. The molecular formula is C15H14N4OS. The molecule has 0 bridgehead atoms. The molecule has 1 fully saturated rings. The first-order valence-electron chi connectivity index (χ1n) is 6.96. The maximum Gasteiger partial charge on any atom is 0.171 e. The van der Waals surface area contributed by atoms with E-state index < -0.39 is 0 Å². The summed E-state index contributed by atoms with van der Waals surface area (Å²) in [6.07, 6.45) is 2.29. The van der Waals surface area contributed by atoms with E-state index in [-0.39, 0.29) is 5.78 Å². The predicted octanol–water partition coefficient (Wildman–Crippen LogP) is 3.17. The van der Waals surface area contributed by atoms with Gasteiger partial charge in [-0.1, -0.05) is 17.3 Å². The Labute approximate surface area is 125 Å². The molecule has 1 aliphatic carbocycles. The van der Waals surface area contributed by atoms with E-state index in [9.17, 15) is 4.79 Å². The number of para-hydroxylation sites is 1. The van der Waals surface area contributed by atoms with E-state index in [1.807, 2.05) is 25.2 Å². The first kappa shape index (κ1) is 12.6. The molecule has 0 aliphatic heterocycles. The molecule has 21 heavy (non-hydrogen) atoms. The molecule has 6 heteroatoms. The Morgan fingerprint density at radius 2 is 2.19 bits per heavy atom. The molecule has 0 spiro atoms. The first-order valence-corrected chi connectivity index (χ1v) is 7.73. The second-order valence-corrected chi connectivity index (χ2v) is 6.26. The van der Waals surface area contributed by atoms with E-state index in [2.05, 4.69) is 14.7 Å². The van der Waals surface area contributed by atoms with E-state index in [1.54, 1.807) is 11.6 Å². The number of ketones is 1. The number of fused-ring (bicyclic) bond motifs is 1. The van der Waals surface area contributed by atoms with E-state index >= 15 is 0 Å². The van der Waals surface area contributed by atoms with Crippen LogP contribution in [0, 0.1) is 0 Å². The highest BCUT2D eigenvalue weighted by molar-refractivity contribution is 7.08. The fraction of sp³-hybridized carbons (Fsp3) is 0.333. The van der Waals surface area contributed by atoms with Gasteiger partial charge in [0.15, 0.2) is 5.78 Å². The highest BCUT2D eigenvalue weighted by Crippen LogP contribution is 2.48. The lowest BCUT2D eigenvalue weighted by atomic mass is 10.0. The third-order valence-electron chi connectivity index (χ3n) is 3.91. The molecule has 5 nitrogen and oxygen atoms in total. The lowest BCUT2D eigenvalue weighted by molar-refractivity contribution is 0.102. The number of carbonyl (C=O) groups is 1. The Kier molecular flexibility index (Phi) is 2.68. The van der Waals surface area contributed by atoms with Crippen LogP contribution in [-0.2, 0) is 7.05 Å². The summed E-state index contributed by atoms with van der Waals surface area (Å²) in [4.78, 5) is 12.7. The molecule has 2 aromatic heterocycles. The Morgan fingerprint density at radius 1 is 1.38 bits per heavy atom. The van der Waals surface area contributed by atoms with Gasteiger partial charge in [0.05, 0.1) is 16.1 Å². The molecule has 1 saturated carbocycles. The molecule has 0 radical (unpaired) electrons. The number of nitrogens with zero attached hydrogens (tertiary/aromatic N) is 4. The molecule has 0 atom stereocenters. The zero-order valence-electron chi connectivity index (χ0n) is 11.8. The fourth-order valence-corrected chi connectivity index (χ4v) is 3.67. The molecule has 0 N–H and O–H groups in total. The monoisotopic (exact) mass is 298 g/mol. The van der Waals surface area contributed by atoms with Crippen molar-refractivity contribution >= 4 is 28.3 Å². The molecule has 2 heterocycles. The number of aryl methyl sites for hydroxylation is 1. The van der Waals surface area contributed by atoms with E-state index in [0.29, 0.717) is 5.92 Å². The maximum atomic E-state index is 11.9. The van der Waals surface area contributed by atoms with Gasteiger partial charge in [0.25, 0.3) is 0 Å². The van der Waals surface area contributed by atoms with Gasteiger partial charge in [-0.3, -0.25) is 4.79 Å². The van der Waals surface area contributed by atoms with Gasteiger partial charge in [0, 0.05) is 25.1 Å². The minimum atomic E-state index is 0.107. The standard InChI is InChI=1S/C15H14N4OS/c1-8(20)15-12(9-6-7-9)13(17-21-15)10-4-3-5-11-14(10)19(2)18-16-11/h3-5,9H,6-7H2,1-2H3. The average molecular weight is 298 g/mol. The number of hydrogen-bond donors (Lipinski definition) is 0. The summed E-state index contributed by atoms with van der Waals surface area (Å²) in [5.41, 5.74) is 4.91. The van der Waals surface area contributed by atoms with Crippen LogP contribution < -0.4 is 0 Å². The van der Waals surface area contributed by atoms with Crippen LogP contribution in [0.3, 0.4) is 0 Å². The van der Waals surface area contributed by atoms with Crippen LogP contribution in [-0.4, -0.2) is 25.2 Å². The molecule has 0 saturated heterocycles. The van der Waals surface area contributed by atoms with E-state index in [4.69, 9.17) is 0 Å². The van der Waals surface area contributed by atoms with Gasteiger partial charge in [-0.25, -0.2) is 4.68 Å². The van der Waals surface area contributed by atoms with Crippen molar-refractivity contribution < 1.29 is 4.79 Å². The minimum Gasteiger partial charge on any atom is -0.294 e. The van der Waals surface area contributed by atoms with Gasteiger partial charge < -0.3 is 0 Å². The highest BCUT2D eigenvalue weighted by atomic mass is 32.1. The number of rotatable bonds is 3. The maximum absolute atomic E-state index is 11.9. The van der Waals surface area contributed by atoms with Gasteiger partial charge in [-0.15, -0.1) is 5.10 Å². The van der Waals surface area contributed by atoms with Gasteiger partial charge >= 0.3 is 0 Å². The average Bonchev–Trinajstić information content (AvgIpc) is 3.10. The van der Waals surface area contributed by atoms with Crippen molar-refractivity contribution in [2.45, 2.75) is 25.7 Å². The number of Topliss-reactive ketones (excluding diaryl/α,β-unsaturated/α-hetero) is 1. The van der Waals surface area contributed by atoms with Crippen molar-refractivity contribution in [3.05, 3.63) is 28.6 Å². The van der Waals surface area contributed by atoms with Gasteiger partial charge in [0.1, 0.15) is 5.52 Å². The molecule has 4 rings (SSSR count). The Balaban J connectivity index is 2.01. The Morgan fingerprint density at radius 3 is 2.90 bits per heavy atom. The van der Waals surface area contributed by atoms with Crippen molar-refractivity contribution in [2.24, 2.45) is 7.05 Å². The van der Waals surface area contributed by atoms with Crippen molar-refractivity contribution in [1.82, 2.24) is 19.4 Å². The van der Waals surface area contributed by atoms with Crippen LogP contribution in [0.5, 0.6) is 0 Å². The van der Waals surface area contributed by atoms with Crippen LogP contribution in [0.15, 0.2) is 18.2 Å². The van der Waals surface area contributed by atoms with Crippen LogP contribution in [0.1, 0.15) is 40.9 Å². The largest absolute Gasteiger partial charge is 0.294 e. The molecule has 1 aromatic carbocycles. The second-order valence-electron chi connectivity index (χ2n) is 5.49. The summed E-state index contributed by atoms with van der Waals surface area (Å²) in [7, 11) is 1.88. The van der Waals surface area contributed by atoms with Crippen LogP contribution in [0.4, 0.5) is 0 Å². The van der Waals surface area contributed by atoms with Crippen molar-refractivity contribution in [3.8, 4) is 11.3 Å². The molecule has 106 valence electrons. The topological polar surface area (TPSA) is 60.7 Å². The lowest BCUT2D eigenvalue weighted by Gasteiger charge is -2.05. The summed E-state index contributed by atoms with van der Waals surface area (Å²) in [5.74, 6) is 0.588. The van der Waals surface area contributed by atoms with Gasteiger partial charge in [-0.2, -0.15) is 4.37 Å². The fourth-order valence-electron chi connectivity index (χ4n) is 2.80. The second kappa shape index (κ2) is 4.46. The number of hydrogen-bond acceptors (Lipinski definition) is 5. The van der Waals surface area contributed by atoms with Crippen molar-refractivity contribution in [1.29, 1.82) is 0 Å². The summed E-state index contributed by atoms with van der Waals surface area (Å²) in [6.45, 7) is 1.62. The van der Waals surface area contributed by atoms with Gasteiger partial charge in [-0.05, 0) is 36.4 Å². The molecule has 1 aliphatic rings. The minimum absolute atomic E-state index is 0.107. The van der Waals surface area contributed by atoms with Crippen LogP contribution >= 0.6 is 11.5 Å². The number of carbonyl (C=O) groups excluding carboxylic acids is 1. The Bertz CT molecular complexity index is 860. The van der Waals surface area contributed by atoms with Crippen molar-refractivity contribution in [3.63, 3.8) is 0 Å². The van der Waals surface area contributed by atoms with E-state index in [1.165, 1.54) is 11.5 Å². The predicted molar refractivity (Wildman–Crippen MR) is 81.6 cm³/mol.